The van der Waals surface area contributed by atoms with Gasteiger partial charge in [0.2, 0.25) is 5.91 Å². The van der Waals surface area contributed by atoms with E-state index in [2.05, 4.69) is 31.8 Å². The Hall–Kier alpha value is -2.14. The second-order valence-electron chi connectivity index (χ2n) is 12.0. The van der Waals surface area contributed by atoms with E-state index in [4.69, 9.17) is 9.47 Å². The van der Waals surface area contributed by atoms with Gasteiger partial charge < -0.3 is 19.5 Å². The van der Waals surface area contributed by atoms with Crippen LogP contribution in [0.3, 0.4) is 0 Å². The average molecular weight is 528 g/mol. The van der Waals surface area contributed by atoms with E-state index in [1.807, 2.05) is 31.7 Å². The molecule has 2 heterocycles. The van der Waals surface area contributed by atoms with Crippen molar-refractivity contribution in [2.45, 2.75) is 97.8 Å². The summed E-state index contributed by atoms with van der Waals surface area (Å²) in [6.07, 6.45) is 8.31. The Morgan fingerprint density at radius 1 is 1.16 bits per heavy atom. The minimum absolute atomic E-state index is 0.0421. The van der Waals surface area contributed by atoms with E-state index < -0.39 is 5.97 Å². The Morgan fingerprint density at radius 2 is 1.89 bits per heavy atom. The zero-order chi connectivity index (χ0) is 26.7. The van der Waals surface area contributed by atoms with Crippen LogP contribution in [-0.2, 0) is 14.3 Å². The van der Waals surface area contributed by atoms with Gasteiger partial charge in [0, 0.05) is 24.0 Å². The first kappa shape index (κ1) is 27.9. The molecule has 2 aliphatic carbocycles. The third-order valence-corrected chi connectivity index (χ3v) is 8.64. The molecule has 1 saturated heterocycles. The topological polar surface area (TPSA) is 76.1 Å². The number of allylic oxidation sites excluding steroid dienone is 2. The molecule has 1 N–H and O–H groups in total. The zero-order valence-electron chi connectivity index (χ0n) is 22.8. The number of thiophene rings is 1. The highest BCUT2D eigenvalue weighted by molar-refractivity contribution is 7.15. The summed E-state index contributed by atoms with van der Waals surface area (Å²) < 4.78 is 11.7. The highest BCUT2D eigenvalue weighted by Gasteiger charge is 2.39. The smallest absolute Gasteiger partial charge is 0.348 e. The van der Waals surface area contributed by atoms with Crippen LogP contribution in [0.2, 0.25) is 0 Å². The minimum Gasteiger partial charge on any atom is -0.477 e. The van der Waals surface area contributed by atoms with E-state index >= 15 is 0 Å². The van der Waals surface area contributed by atoms with E-state index in [1.165, 1.54) is 16.9 Å². The fourth-order valence-electron chi connectivity index (χ4n) is 5.67. The lowest BCUT2D eigenvalue weighted by Gasteiger charge is -2.40. The fourth-order valence-corrected chi connectivity index (χ4v) is 6.51. The van der Waals surface area contributed by atoms with Gasteiger partial charge in [-0.1, -0.05) is 30.4 Å². The zero-order valence-corrected chi connectivity index (χ0v) is 23.7. The Bertz CT molecular complexity index is 1070. The molecule has 1 saturated carbocycles. The number of amides is 1. The molecule has 4 rings (SSSR count). The first-order valence-corrected chi connectivity index (χ1v) is 14.5. The van der Waals surface area contributed by atoms with Gasteiger partial charge in [0.25, 0.3) is 0 Å². The highest BCUT2D eigenvalue weighted by Crippen LogP contribution is 2.39. The summed E-state index contributed by atoms with van der Waals surface area (Å²) in [6, 6.07) is 1.78. The number of hydrogen-bond acceptors (Lipinski definition) is 5. The Balaban J connectivity index is 1.63. The van der Waals surface area contributed by atoms with Gasteiger partial charge in [-0.05, 0) is 84.6 Å². The number of aromatic carboxylic acids is 1. The van der Waals surface area contributed by atoms with Crippen molar-refractivity contribution >= 4 is 28.9 Å². The summed E-state index contributed by atoms with van der Waals surface area (Å²) >= 11 is 1.17. The Morgan fingerprint density at radius 3 is 2.49 bits per heavy atom. The van der Waals surface area contributed by atoms with Crippen LogP contribution in [0.1, 0.15) is 94.1 Å². The summed E-state index contributed by atoms with van der Waals surface area (Å²) in [5, 5.41) is 10.1. The van der Waals surface area contributed by atoms with Crippen molar-refractivity contribution in [3.05, 3.63) is 27.5 Å². The van der Waals surface area contributed by atoms with Crippen LogP contribution >= 0.6 is 11.3 Å². The number of rotatable bonds is 6. The highest BCUT2D eigenvalue weighted by atomic mass is 32.1. The van der Waals surface area contributed by atoms with Crippen molar-refractivity contribution in [1.29, 1.82) is 0 Å². The molecule has 1 aliphatic heterocycles. The second-order valence-corrected chi connectivity index (χ2v) is 13.0. The lowest BCUT2D eigenvalue weighted by Crippen LogP contribution is -2.48. The van der Waals surface area contributed by atoms with Crippen molar-refractivity contribution in [2.24, 2.45) is 17.3 Å². The van der Waals surface area contributed by atoms with E-state index in [0.29, 0.717) is 23.6 Å². The molecule has 202 valence electrons. The molecule has 2 fully saturated rings. The van der Waals surface area contributed by atoms with Gasteiger partial charge in [-0.2, -0.15) is 0 Å². The number of carboxylic acid groups (broad SMARTS) is 1. The van der Waals surface area contributed by atoms with Gasteiger partial charge in [0.15, 0.2) is 0 Å². The first-order valence-electron chi connectivity index (χ1n) is 13.6. The number of carbonyl (C=O) groups excluding carboxylic acids is 1. The fraction of sp³-hybridized carbons (Fsp3) is 0.667. The number of anilines is 1. The van der Waals surface area contributed by atoms with Crippen molar-refractivity contribution in [2.75, 3.05) is 18.1 Å². The SMILES string of the molecule is CC1=CC[C@H](C(=O)N(c2cc(C#CC(C)(C)C)sc2C(=O)O)[C@H]2CC[C@H](O[C@@H]3CCOC3)CC2)[C@H](C)C1. The summed E-state index contributed by atoms with van der Waals surface area (Å²) in [5.74, 6) is 5.47. The monoisotopic (exact) mass is 527 g/mol. The van der Waals surface area contributed by atoms with Crippen LogP contribution in [0.15, 0.2) is 17.7 Å². The maximum absolute atomic E-state index is 14.2. The largest absolute Gasteiger partial charge is 0.477 e. The number of hydrogen-bond donors (Lipinski definition) is 1. The quantitative estimate of drug-likeness (QED) is 0.348. The van der Waals surface area contributed by atoms with E-state index in [-0.39, 0.29) is 46.3 Å². The summed E-state index contributed by atoms with van der Waals surface area (Å²) in [7, 11) is 0. The van der Waals surface area contributed by atoms with Gasteiger partial charge in [0.05, 0.1) is 29.4 Å². The standard InChI is InChI=1S/C30H41NO5S/c1-19-6-11-25(20(2)16-19)28(32)31(21-7-9-22(10-8-21)36-23-13-15-35-18-23)26-17-24(12-14-30(3,4)5)37-27(26)29(33)34/h6,17,20-23,25H,7-11,13,15-16,18H2,1-5H3,(H,33,34)/t20-,21-,22-,23-,25+/m1/s1. The number of carbonyl (C=O) groups is 2. The third-order valence-electron chi connectivity index (χ3n) is 7.61. The van der Waals surface area contributed by atoms with E-state index in [1.54, 1.807) is 0 Å². The van der Waals surface area contributed by atoms with Crippen LogP contribution in [-0.4, -0.2) is 48.4 Å². The molecule has 6 nitrogen and oxygen atoms in total. The molecule has 0 unspecified atom stereocenters. The van der Waals surface area contributed by atoms with Crippen LogP contribution < -0.4 is 4.90 Å². The molecule has 37 heavy (non-hydrogen) atoms. The molecule has 3 aliphatic rings. The van der Waals surface area contributed by atoms with Crippen molar-refractivity contribution in [3.63, 3.8) is 0 Å². The Labute approximate surface area is 225 Å². The molecular formula is C30H41NO5S. The van der Waals surface area contributed by atoms with Gasteiger partial charge in [-0.3, -0.25) is 4.79 Å². The molecule has 3 atom stereocenters. The number of carboxylic acids is 1. The molecule has 7 heteroatoms. The summed E-state index contributed by atoms with van der Waals surface area (Å²) in [6.45, 7) is 11.8. The minimum atomic E-state index is -1.01. The summed E-state index contributed by atoms with van der Waals surface area (Å²) in [5.41, 5.74) is 1.62. The molecular weight excluding hydrogens is 486 g/mol. The molecule has 0 bridgehead atoms. The molecule has 1 aromatic heterocycles. The second kappa shape index (κ2) is 11.7. The molecule has 1 aromatic rings. The van der Waals surface area contributed by atoms with Crippen LogP contribution in [0.25, 0.3) is 0 Å². The lowest BCUT2D eigenvalue weighted by atomic mass is 9.79. The number of nitrogens with zero attached hydrogens (tertiary/aromatic N) is 1. The van der Waals surface area contributed by atoms with E-state index in [0.717, 1.165) is 45.1 Å². The first-order chi connectivity index (χ1) is 17.5. The van der Waals surface area contributed by atoms with Gasteiger partial charge >= 0.3 is 5.97 Å². The molecule has 0 aromatic carbocycles. The Kier molecular flexibility index (Phi) is 8.83. The normalized spacial score (nSPS) is 28.2. The molecule has 1 amide bonds. The van der Waals surface area contributed by atoms with Gasteiger partial charge in [0.1, 0.15) is 4.88 Å². The lowest BCUT2D eigenvalue weighted by molar-refractivity contribution is -0.124. The number of ether oxygens (including phenoxy) is 2. The summed E-state index contributed by atoms with van der Waals surface area (Å²) in [4.78, 5) is 29.3. The predicted octanol–water partition coefficient (Wildman–Crippen LogP) is 6.29. The third kappa shape index (κ3) is 7.04. The van der Waals surface area contributed by atoms with Crippen LogP contribution in [0.5, 0.6) is 0 Å². The maximum Gasteiger partial charge on any atom is 0.348 e. The van der Waals surface area contributed by atoms with Crippen LogP contribution in [0.4, 0.5) is 5.69 Å². The average Bonchev–Trinajstić information content (AvgIpc) is 3.49. The van der Waals surface area contributed by atoms with Crippen molar-refractivity contribution in [1.82, 2.24) is 0 Å². The van der Waals surface area contributed by atoms with Gasteiger partial charge in [-0.25, -0.2) is 4.79 Å². The van der Waals surface area contributed by atoms with Crippen molar-refractivity contribution < 1.29 is 24.2 Å². The van der Waals surface area contributed by atoms with Crippen molar-refractivity contribution in [3.8, 4) is 11.8 Å². The van der Waals surface area contributed by atoms with Crippen LogP contribution in [0, 0.1) is 29.1 Å². The molecule has 0 spiro atoms. The van der Waals surface area contributed by atoms with E-state index in [9.17, 15) is 14.7 Å². The van der Waals surface area contributed by atoms with Gasteiger partial charge in [-0.15, -0.1) is 11.3 Å². The predicted molar refractivity (Wildman–Crippen MR) is 147 cm³/mol. The maximum atomic E-state index is 14.2. The molecule has 0 radical (unpaired) electrons.